The molecule has 0 unspecified atom stereocenters. The highest BCUT2D eigenvalue weighted by molar-refractivity contribution is 7.99. The van der Waals surface area contributed by atoms with E-state index in [4.69, 9.17) is 5.73 Å². The Hall–Kier alpha value is -0.890. The second kappa shape index (κ2) is 7.41. The van der Waals surface area contributed by atoms with E-state index in [-0.39, 0.29) is 0 Å². The van der Waals surface area contributed by atoms with Gasteiger partial charge in [0.25, 0.3) is 0 Å². The fraction of sp³-hybridized carbons (Fsp3) is 0.385. The predicted octanol–water partition coefficient (Wildman–Crippen LogP) is 4.11. The van der Waals surface area contributed by atoms with Gasteiger partial charge in [-0.2, -0.15) is 0 Å². The Morgan fingerprint density at radius 3 is 2.73 bits per heavy atom. The smallest absolute Gasteiger partial charge is 0.0452 e. The molecule has 2 heteroatoms. The van der Waals surface area contributed by atoms with Gasteiger partial charge < -0.3 is 5.73 Å². The maximum atomic E-state index is 5.85. The summed E-state index contributed by atoms with van der Waals surface area (Å²) < 4.78 is 0. The number of nitrogens with two attached hydrogens (primary N) is 1. The zero-order valence-corrected chi connectivity index (χ0v) is 9.93. The topological polar surface area (TPSA) is 26.0 Å². The number of thioether (sulfide) groups is 1. The highest BCUT2D eigenvalue weighted by Gasteiger charge is 1.97. The van der Waals surface area contributed by atoms with Crippen molar-refractivity contribution in [2.24, 2.45) is 0 Å². The van der Waals surface area contributed by atoms with Crippen LogP contribution in [0.1, 0.15) is 25.7 Å². The molecule has 1 nitrogen and oxygen atoms in total. The van der Waals surface area contributed by atoms with Crippen molar-refractivity contribution in [3.8, 4) is 0 Å². The molecule has 0 bridgehead atoms. The van der Waals surface area contributed by atoms with Crippen molar-refractivity contribution < 1.29 is 0 Å². The van der Waals surface area contributed by atoms with Gasteiger partial charge in [0.05, 0.1) is 0 Å². The molecule has 0 saturated heterocycles. The van der Waals surface area contributed by atoms with Gasteiger partial charge in [0.2, 0.25) is 0 Å². The molecule has 0 fully saturated rings. The van der Waals surface area contributed by atoms with E-state index in [0.717, 1.165) is 17.9 Å². The van der Waals surface area contributed by atoms with Crippen LogP contribution in [-0.2, 0) is 0 Å². The molecule has 0 aliphatic carbocycles. The summed E-state index contributed by atoms with van der Waals surface area (Å²) in [5.74, 6) is 1.16. The first-order valence-corrected chi connectivity index (χ1v) is 6.41. The highest BCUT2D eigenvalue weighted by Crippen LogP contribution is 2.25. The van der Waals surface area contributed by atoms with Crippen LogP contribution in [-0.4, -0.2) is 5.75 Å². The molecule has 0 saturated carbocycles. The van der Waals surface area contributed by atoms with Crippen LogP contribution in [0, 0.1) is 0 Å². The fourth-order valence-electron chi connectivity index (χ4n) is 1.36. The Labute approximate surface area is 96.8 Å². The molecule has 15 heavy (non-hydrogen) atoms. The number of allylic oxidation sites excluding steroid dienone is 1. The summed E-state index contributed by atoms with van der Waals surface area (Å²) in [5.41, 5.74) is 6.75. The molecule has 82 valence electrons. The summed E-state index contributed by atoms with van der Waals surface area (Å²) in [6.07, 6.45) is 6.92. The number of hydrogen-bond acceptors (Lipinski definition) is 2. The van der Waals surface area contributed by atoms with Crippen molar-refractivity contribution in [2.45, 2.75) is 30.6 Å². The van der Waals surface area contributed by atoms with Crippen LogP contribution in [0.15, 0.2) is 41.8 Å². The number of hydrogen-bond donors (Lipinski definition) is 1. The van der Waals surface area contributed by atoms with E-state index >= 15 is 0 Å². The molecule has 1 aromatic carbocycles. The van der Waals surface area contributed by atoms with Crippen LogP contribution < -0.4 is 5.73 Å². The van der Waals surface area contributed by atoms with Gasteiger partial charge in [0.1, 0.15) is 0 Å². The third kappa shape index (κ3) is 4.93. The fourth-order valence-corrected chi connectivity index (χ4v) is 2.34. The average molecular weight is 221 g/mol. The molecule has 1 rings (SSSR count). The molecule has 0 aliphatic rings. The second-order valence-electron chi connectivity index (χ2n) is 3.52. The minimum atomic E-state index is 0.897. The molecule has 0 radical (unpaired) electrons. The molecule has 1 aromatic rings. The Morgan fingerprint density at radius 2 is 2.00 bits per heavy atom. The lowest BCUT2D eigenvalue weighted by molar-refractivity contribution is 0.735. The third-order valence-electron chi connectivity index (χ3n) is 2.23. The summed E-state index contributed by atoms with van der Waals surface area (Å²) in [7, 11) is 0. The minimum absolute atomic E-state index is 0.897. The van der Waals surface area contributed by atoms with Crippen LogP contribution in [0.3, 0.4) is 0 Å². The van der Waals surface area contributed by atoms with Crippen LogP contribution >= 0.6 is 11.8 Å². The molecular formula is C13H19NS. The Morgan fingerprint density at radius 1 is 1.20 bits per heavy atom. The summed E-state index contributed by atoms with van der Waals surface area (Å²) in [5, 5.41) is 0. The summed E-state index contributed by atoms with van der Waals surface area (Å²) >= 11 is 1.85. The summed E-state index contributed by atoms with van der Waals surface area (Å²) in [6, 6.07) is 8.06. The van der Waals surface area contributed by atoms with Crippen molar-refractivity contribution in [1.29, 1.82) is 0 Å². The molecule has 0 aromatic heterocycles. The van der Waals surface area contributed by atoms with Gasteiger partial charge in [-0.05, 0) is 37.1 Å². The summed E-state index contributed by atoms with van der Waals surface area (Å²) in [6.45, 7) is 3.72. The molecule has 0 heterocycles. The molecule has 0 amide bonds. The third-order valence-corrected chi connectivity index (χ3v) is 3.40. The minimum Gasteiger partial charge on any atom is -0.398 e. The second-order valence-corrected chi connectivity index (χ2v) is 4.66. The predicted molar refractivity (Wildman–Crippen MR) is 70.2 cm³/mol. The zero-order chi connectivity index (χ0) is 10.9. The maximum Gasteiger partial charge on any atom is 0.0452 e. The SMILES string of the molecule is C=CCCCCCSc1ccccc1N. The van der Waals surface area contributed by atoms with Crippen LogP contribution in [0.4, 0.5) is 5.69 Å². The molecule has 0 aliphatic heterocycles. The van der Waals surface area contributed by atoms with Gasteiger partial charge in [0.15, 0.2) is 0 Å². The molecule has 0 spiro atoms. The van der Waals surface area contributed by atoms with E-state index in [1.807, 2.05) is 36.0 Å². The summed E-state index contributed by atoms with van der Waals surface area (Å²) in [4.78, 5) is 1.21. The molecular weight excluding hydrogens is 202 g/mol. The standard InChI is InChI=1S/C13H19NS/c1-2-3-4-5-8-11-15-13-10-7-6-9-12(13)14/h2,6-7,9-10H,1,3-5,8,11,14H2. The van der Waals surface area contributed by atoms with E-state index in [1.54, 1.807) is 0 Å². The Balaban J connectivity index is 2.15. The zero-order valence-electron chi connectivity index (χ0n) is 9.11. The average Bonchev–Trinajstić information content (AvgIpc) is 2.25. The van der Waals surface area contributed by atoms with Gasteiger partial charge in [-0.25, -0.2) is 0 Å². The van der Waals surface area contributed by atoms with Crippen LogP contribution in [0.2, 0.25) is 0 Å². The van der Waals surface area contributed by atoms with Gasteiger partial charge in [-0.15, -0.1) is 18.3 Å². The number of unbranched alkanes of at least 4 members (excludes halogenated alkanes) is 3. The van der Waals surface area contributed by atoms with E-state index in [1.165, 1.54) is 24.2 Å². The molecule has 0 atom stereocenters. The van der Waals surface area contributed by atoms with Gasteiger partial charge in [-0.3, -0.25) is 0 Å². The first kappa shape index (κ1) is 12.2. The van der Waals surface area contributed by atoms with E-state index < -0.39 is 0 Å². The van der Waals surface area contributed by atoms with Gasteiger partial charge in [0, 0.05) is 10.6 Å². The normalized spacial score (nSPS) is 10.1. The lowest BCUT2D eigenvalue weighted by Gasteiger charge is -2.04. The first-order chi connectivity index (χ1) is 7.34. The largest absolute Gasteiger partial charge is 0.398 e. The van der Waals surface area contributed by atoms with Crippen molar-refractivity contribution in [3.63, 3.8) is 0 Å². The van der Waals surface area contributed by atoms with Crippen molar-refractivity contribution >= 4 is 17.4 Å². The van der Waals surface area contributed by atoms with Crippen molar-refractivity contribution in [1.82, 2.24) is 0 Å². The lowest BCUT2D eigenvalue weighted by atomic mass is 10.2. The number of benzene rings is 1. The monoisotopic (exact) mass is 221 g/mol. The van der Waals surface area contributed by atoms with E-state index in [2.05, 4.69) is 12.6 Å². The highest BCUT2D eigenvalue weighted by atomic mass is 32.2. The number of para-hydroxylation sites is 1. The van der Waals surface area contributed by atoms with Crippen molar-refractivity contribution in [2.75, 3.05) is 11.5 Å². The van der Waals surface area contributed by atoms with Crippen LogP contribution in [0.25, 0.3) is 0 Å². The van der Waals surface area contributed by atoms with Gasteiger partial charge in [-0.1, -0.05) is 24.6 Å². The number of nitrogen functional groups attached to an aromatic ring is 1. The molecule has 2 N–H and O–H groups in total. The van der Waals surface area contributed by atoms with E-state index in [9.17, 15) is 0 Å². The Kier molecular flexibility index (Phi) is 6.02. The quantitative estimate of drug-likeness (QED) is 0.324. The van der Waals surface area contributed by atoms with Gasteiger partial charge >= 0.3 is 0 Å². The van der Waals surface area contributed by atoms with Crippen molar-refractivity contribution in [3.05, 3.63) is 36.9 Å². The Bertz CT molecular complexity index is 296. The van der Waals surface area contributed by atoms with Crippen LogP contribution in [0.5, 0.6) is 0 Å². The lowest BCUT2D eigenvalue weighted by Crippen LogP contribution is -1.88. The maximum absolute atomic E-state index is 5.85. The van der Waals surface area contributed by atoms with E-state index in [0.29, 0.717) is 0 Å². The number of anilines is 1. The first-order valence-electron chi connectivity index (χ1n) is 5.43. The number of rotatable bonds is 7.